The van der Waals surface area contributed by atoms with E-state index in [0.29, 0.717) is 55.8 Å². The summed E-state index contributed by atoms with van der Waals surface area (Å²) in [4.78, 5) is 49.9. The van der Waals surface area contributed by atoms with Crippen LogP contribution >= 0.6 is 22.9 Å². The molecule has 0 aliphatic carbocycles. The number of carbonyl (C=O) groups is 2. The van der Waals surface area contributed by atoms with Gasteiger partial charge in [-0.15, -0.1) is 11.3 Å². The van der Waals surface area contributed by atoms with E-state index in [1.54, 1.807) is 38.4 Å². The van der Waals surface area contributed by atoms with E-state index in [2.05, 4.69) is 25.2 Å². The number of methoxy groups -OCH3 is 1. The minimum atomic E-state index is -1.23. The number of nitrogens with two attached hydrogens (primary N) is 1. The number of carbonyl (C=O) groups excluding carboxylic acids is 2. The van der Waals surface area contributed by atoms with Crippen LogP contribution in [0.15, 0.2) is 97.5 Å². The normalized spacial score (nSPS) is 13.3. The molecule has 4 aromatic carbocycles. The molecule has 7 aromatic rings. The molecule has 1 atom stereocenters. The maximum absolute atomic E-state index is 14.3. The highest BCUT2D eigenvalue weighted by Gasteiger charge is 2.30. The highest BCUT2D eigenvalue weighted by atomic mass is 35.5. The molecule has 1 aliphatic rings. The molecule has 0 saturated carbocycles. The Balaban J connectivity index is 1.15. The van der Waals surface area contributed by atoms with E-state index < -0.39 is 12.1 Å². The first kappa shape index (κ1) is 48.1. The molecular weight excluding hydrogens is 905 g/mol. The Labute approximate surface area is 403 Å². The Morgan fingerprint density at radius 2 is 1.76 bits per heavy atom. The lowest BCUT2D eigenvalue weighted by atomic mass is 9.94. The van der Waals surface area contributed by atoms with Crippen LogP contribution < -0.4 is 25.3 Å². The molecule has 3 aromatic heterocycles. The SMILES string of the molecule is CCOC(=O)[C@@H](Cc1cc(CC(=O)CCCN2CCNCC2)ccc1OCc1ccnc(-c2ccccc2OC)n1)Oc1ncnc2sc(-c3ccc(F)cc3)c(-c3ccc(CN)c(Cl)c3C)c12. The predicted octanol–water partition coefficient (Wildman–Crippen LogP) is 8.98. The molecule has 8 rings (SSSR count). The molecule has 3 N–H and O–H groups in total. The first-order chi connectivity index (χ1) is 33.1. The standard InChI is InChI=1S/C52H53ClFN7O6S/c1-4-65-52(63)44(67-50-46-45(40-17-14-35(29-55)47(53)32(40)2)48(68-51(46)59-31-58-50)34-12-15-37(54)16-13-34)28-36-26-33(27-39(62)8-7-23-61-24-21-56-22-25-61)11-18-42(36)66-30-38-19-20-57-49(60-38)41-9-5-6-10-43(41)64-3/h5-6,9-20,26,31,44,56H,4,7-8,21-25,27-30,55H2,1-3H3/t44-/m1/s1. The molecule has 0 unspecified atom stereocenters. The quantitative estimate of drug-likeness (QED) is 0.0697. The van der Waals surface area contributed by atoms with Gasteiger partial charge in [-0.05, 0) is 96.6 Å². The van der Waals surface area contributed by atoms with E-state index in [0.717, 1.165) is 77.4 Å². The molecule has 0 amide bonds. The van der Waals surface area contributed by atoms with E-state index >= 15 is 0 Å². The average Bonchev–Trinajstić information content (AvgIpc) is 3.75. The Morgan fingerprint density at radius 1 is 0.956 bits per heavy atom. The summed E-state index contributed by atoms with van der Waals surface area (Å²) in [5.41, 5.74) is 12.5. The Kier molecular flexibility index (Phi) is 16.0. The number of nitrogens with one attached hydrogen (secondary N) is 1. The van der Waals surface area contributed by atoms with Crippen LogP contribution in [0.4, 0.5) is 4.39 Å². The van der Waals surface area contributed by atoms with Gasteiger partial charge in [-0.3, -0.25) is 4.79 Å². The molecule has 0 radical (unpaired) electrons. The number of hydrogen-bond acceptors (Lipinski definition) is 14. The van der Waals surface area contributed by atoms with E-state index in [-0.39, 0.29) is 50.1 Å². The number of ketones is 1. The molecule has 13 nitrogen and oxygen atoms in total. The van der Waals surface area contributed by atoms with Crippen LogP contribution in [0.3, 0.4) is 0 Å². The number of aromatic nitrogens is 4. The molecule has 1 fully saturated rings. The minimum Gasteiger partial charge on any atom is -0.496 e. The summed E-state index contributed by atoms with van der Waals surface area (Å²) in [6.07, 6.45) is 3.22. The van der Waals surface area contributed by atoms with Crippen molar-refractivity contribution in [2.24, 2.45) is 5.73 Å². The zero-order valence-electron chi connectivity index (χ0n) is 38.2. The van der Waals surface area contributed by atoms with Crippen LogP contribution in [-0.2, 0) is 40.3 Å². The zero-order chi connectivity index (χ0) is 47.6. The van der Waals surface area contributed by atoms with E-state index in [9.17, 15) is 14.0 Å². The molecule has 68 heavy (non-hydrogen) atoms. The van der Waals surface area contributed by atoms with Crippen molar-refractivity contribution in [3.05, 3.63) is 136 Å². The second-order valence-corrected chi connectivity index (χ2v) is 17.7. The topological polar surface area (TPSA) is 164 Å². The summed E-state index contributed by atoms with van der Waals surface area (Å²) < 4.78 is 38.7. The smallest absolute Gasteiger partial charge is 0.347 e. The van der Waals surface area contributed by atoms with E-state index in [4.69, 9.17) is 41.3 Å². The number of Topliss-reactive ketones (excluding diaryl/α,β-unsaturated/α-hetero) is 1. The lowest BCUT2D eigenvalue weighted by Gasteiger charge is -2.26. The average molecular weight is 959 g/mol. The summed E-state index contributed by atoms with van der Waals surface area (Å²) in [6.45, 7) is 8.75. The maximum atomic E-state index is 14.3. The molecule has 1 saturated heterocycles. The second-order valence-electron chi connectivity index (χ2n) is 16.4. The second kappa shape index (κ2) is 22.6. The van der Waals surface area contributed by atoms with Gasteiger partial charge in [0.05, 0.1) is 30.4 Å². The number of nitrogens with zero attached hydrogens (tertiary/aromatic N) is 5. The van der Waals surface area contributed by atoms with Crippen molar-refractivity contribution in [2.45, 2.75) is 58.8 Å². The number of piperazine rings is 1. The van der Waals surface area contributed by atoms with Gasteiger partial charge in [-0.25, -0.2) is 29.1 Å². The van der Waals surface area contributed by atoms with Gasteiger partial charge in [0.1, 0.15) is 40.9 Å². The van der Waals surface area contributed by atoms with Gasteiger partial charge >= 0.3 is 5.97 Å². The molecule has 0 spiro atoms. The number of ether oxygens (including phenoxy) is 4. The monoisotopic (exact) mass is 957 g/mol. The number of esters is 1. The highest BCUT2D eigenvalue weighted by Crippen LogP contribution is 2.49. The molecular formula is C52H53ClFN7O6S. The third-order valence-corrected chi connectivity index (χ3v) is 13.5. The van der Waals surface area contributed by atoms with Crippen molar-refractivity contribution in [1.29, 1.82) is 0 Å². The first-order valence-corrected chi connectivity index (χ1v) is 23.8. The number of rotatable bonds is 20. The fourth-order valence-electron chi connectivity index (χ4n) is 8.35. The minimum absolute atomic E-state index is 0.0126. The third kappa shape index (κ3) is 11.3. The Hall–Kier alpha value is -6.36. The lowest BCUT2D eigenvalue weighted by molar-refractivity contribution is -0.151. The van der Waals surface area contributed by atoms with Crippen molar-refractivity contribution in [3.63, 3.8) is 0 Å². The number of para-hydroxylation sites is 1. The zero-order valence-corrected chi connectivity index (χ0v) is 39.8. The summed E-state index contributed by atoms with van der Waals surface area (Å²) in [7, 11) is 1.60. The van der Waals surface area contributed by atoms with Crippen LogP contribution in [0, 0.1) is 12.7 Å². The van der Waals surface area contributed by atoms with E-state index in [1.165, 1.54) is 29.8 Å². The van der Waals surface area contributed by atoms with Gasteiger partial charge in [-0.2, -0.15) is 0 Å². The van der Waals surface area contributed by atoms with Crippen LogP contribution in [-0.4, -0.2) is 89.1 Å². The van der Waals surface area contributed by atoms with Crippen LogP contribution in [0.1, 0.15) is 47.7 Å². The molecule has 0 bridgehead atoms. The fourth-order valence-corrected chi connectivity index (χ4v) is 9.75. The third-order valence-electron chi connectivity index (χ3n) is 11.8. The molecule has 16 heteroatoms. The molecule has 4 heterocycles. The number of benzene rings is 4. The van der Waals surface area contributed by atoms with Gasteiger partial charge in [0.25, 0.3) is 0 Å². The van der Waals surface area contributed by atoms with Crippen LogP contribution in [0.5, 0.6) is 17.4 Å². The summed E-state index contributed by atoms with van der Waals surface area (Å²) >= 11 is 8.29. The van der Waals surface area contributed by atoms with Gasteiger partial charge in [0.15, 0.2) is 5.82 Å². The van der Waals surface area contributed by atoms with Crippen molar-refractivity contribution in [3.8, 4) is 50.3 Å². The van der Waals surface area contributed by atoms with Gasteiger partial charge < -0.3 is 34.9 Å². The number of halogens is 2. The fraction of sp³-hybridized carbons (Fsp3) is 0.308. The maximum Gasteiger partial charge on any atom is 0.347 e. The highest BCUT2D eigenvalue weighted by molar-refractivity contribution is 7.22. The van der Waals surface area contributed by atoms with Crippen molar-refractivity contribution in [2.75, 3.05) is 46.4 Å². The Bertz CT molecular complexity index is 2890. The predicted molar refractivity (Wildman–Crippen MR) is 263 cm³/mol. The summed E-state index contributed by atoms with van der Waals surface area (Å²) in [5.74, 6) is 0.822. The number of hydrogen-bond donors (Lipinski definition) is 2. The van der Waals surface area contributed by atoms with Crippen molar-refractivity contribution >= 4 is 44.9 Å². The molecule has 352 valence electrons. The number of thiophene rings is 1. The van der Waals surface area contributed by atoms with Gasteiger partial charge in [-0.1, -0.05) is 60.1 Å². The number of fused-ring (bicyclic) bond motifs is 1. The Morgan fingerprint density at radius 3 is 2.54 bits per heavy atom. The van der Waals surface area contributed by atoms with Gasteiger partial charge in [0, 0.05) is 73.6 Å². The largest absolute Gasteiger partial charge is 0.496 e. The van der Waals surface area contributed by atoms with Crippen LogP contribution in [0.2, 0.25) is 5.02 Å². The summed E-state index contributed by atoms with van der Waals surface area (Å²) in [5, 5.41) is 4.42. The molecule has 1 aliphatic heterocycles. The summed E-state index contributed by atoms with van der Waals surface area (Å²) in [6, 6.07) is 24.9. The van der Waals surface area contributed by atoms with Gasteiger partial charge in [0.2, 0.25) is 12.0 Å². The first-order valence-electron chi connectivity index (χ1n) is 22.6. The van der Waals surface area contributed by atoms with Crippen molar-refractivity contribution < 1.29 is 32.9 Å². The van der Waals surface area contributed by atoms with Crippen molar-refractivity contribution in [1.82, 2.24) is 30.2 Å². The van der Waals surface area contributed by atoms with Crippen LogP contribution in [0.25, 0.3) is 43.2 Å². The van der Waals surface area contributed by atoms with E-state index in [1.807, 2.05) is 61.5 Å². The lowest BCUT2D eigenvalue weighted by Crippen LogP contribution is -2.43.